The van der Waals surface area contributed by atoms with Gasteiger partial charge in [0.25, 0.3) is 0 Å². The molecule has 0 amide bonds. The van der Waals surface area contributed by atoms with E-state index in [1.54, 1.807) is 6.07 Å². The third-order valence-corrected chi connectivity index (χ3v) is 6.78. The topological polar surface area (TPSA) is 76.6 Å². The number of anilines is 2. The maximum Gasteiger partial charge on any atom is 0.305 e. The van der Waals surface area contributed by atoms with E-state index in [2.05, 4.69) is 41.5 Å². The van der Waals surface area contributed by atoms with Crippen molar-refractivity contribution in [3.63, 3.8) is 0 Å². The second-order valence-electron chi connectivity index (χ2n) is 7.34. The van der Waals surface area contributed by atoms with Crippen molar-refractivity contribution in [2.75, 3.05) is 36.0 Å². The number of hydrogen-bond donors (Lipinski definition) is 0. The van der Waals surface area contributed by atoms with Crippen LogP contribution < -0.4 is 9.80 Å². The summed E-state index contributed by atoms with van der Waals surface area (Å²) in [7, 11) is 0. The maximum absolute atomic E-state index is 11.7. The highest BCUT2D eigenvalue weighted by Crippen LogP contribution is 2.46. The summed E-state index contributed by atoms with van der Waals surface area (Å²) >= 11 is 1.48. The fraction of sp³-hybridized carbons (Fsp3) is 0.722. The monoisotopic (exact) mass is 377 g/mol. The van der Waals surface area contributed by atoms with Crippen LogP contribution in [0.1, 0.15) is 40.0 Å². The highest BCUT2D eigenvalue weighted by molar-refractivity contribution is 7.20. The van der Waals surface area contributed by atoms with Crippen molar-refractivity contribution in [2.24, 2.45) is 0 Å². The first-order chi connectivity index (χ1) is 12.5. The Morgan fingerprint density at radius 1 is 1.35 bits per heavy atom. The Bertz CT molecular complexity index is 690. The van der Waals surface area contributed by atoms with Gasteiger partial charge in [0.2, 0.25) is 0 Å². The molecule has 0 spiro atoms. The van der Waals surface area contributed by atoms with E-state index in [0.29, 0.717) is 12.1 Å². The molecule has 7 nitrogen and oxygen atoms in total. The summed E-state index contributed by atoms with van der Waals surface area (Å²) in [5, 5.41) is 22.8. The van der Waals surface area contributed by atoms with E-state index in [1.807, 2.05) is 0 Å². The predicted molar refractivity (Wildman–Crippen MR) is 105 cm³/mol. The molecule has 1 aromatic heterocycles. The average molecular weight is 378 g/mol. The Morgan fingerprint density at radius 3 is 2.58 bits per heavy atom. The van der Waals surface area contributed by atoms with Crippen molar-refractivity contribution in [3.8, 4) is 6.07 Å². The van der Waals surface area contributed by atoms with Crippen LogP contribution in [-0.4, -0.2) is 54.1 Å². The fourth-order valence-electron chi connectivity index (χ4n) is 4.03. The van der Waals surface area contributed by atoms with Gasteiger partial charge < -0.3 is 9.80 Å². The third-order valence-electron chi connectivity index (χ3n) is 5.59. The van der Waals surface area contributed by atoms with Crippen molar-refractivity contribution in [1.82, 2.24) is 4.90 Å². The SMILES string of the molecule is CC[C@@H]1CC[C@@H](C#N)N1c1cc([N+](=O)[O-])c(N2CCN(C(C)C)CC2)s1. The van der Waals surface area contributed by atoms with E-state index in [4.69, 9.17) is 0 Å². The van der Waals surface area contributed by atoms with Gasteiger partial charge in [-0.1, -0.05) is 18.3 Å². The van der Waals surface area contributed by atoms with Crippen LogP contribution in [0.3, 0.4) is 0 Å². The van der Waals surface area contributed by atoms with Crippen LogP contribution in [0.5, 0.6) is 0 Å². The van der Waals surface area contributed by atoms with Gasteiger partial charge in [0.1, 0.15) is 11.0 Å². The van der Waals surface area contributed by atoms with Crippen LogP contribution in [0.25, 0.3) is 0 Å². The van der Waals surface area contributed by atoms with Crippen molar-refractivity contribution in [3.05, 3.63) is 16.2 Å². The molecule has 1 aromatic rings. The zero-order chi connectivity index (χ0) is 18.8. The van der Waals surface area contributed by atoms with Gasteiger partial charge in [-0.15, -0.1) is 0 Å². The van der Waals surface area contributed by atoms with Crippen LogP contribution in [0.15, 0.2) is 6.07 Å². The molecule has 142 valence electrons. The Kier molecular flexibility index (Phi) is 5.68. The van der Waals surface area contributed by atoms with Gasteiger partial charge in [-0.25, -0.2) is 0 Å². The van der Waals surface area contributed by atoms with Crippen molar-refractivity contribution in [1.29, 1.82) is 5.26 Å². The maximum atomic E-state index is 11.7. The summed E-state index contributed by atoms with van der Waals surface area (Å²) in [6, 6.07) is 4.68. The van der Waals surface area contributed by atoms with Crippen LogP contribution in [0.4, 0.5) is 15.7 Å². The molecule has 2 aliphatic heterocycles. The third kappa shape index (κ3) is 3.51. The van der Waals surface area contributed by atoms with Crippen molar-refractivity contribution >= 4 is 27.0 Å². The molecule has 0 bridgehead atoms. The molecule has 2 atom stereocenters. The van der Waals surface area contributed by atoms with E-state index in [0.717, 1.165) is 55.4 Å². The Labute approximate surface area is 158 Å². The predicted octanol–water partition coefficient (Wildman–Crippen LogP) is 3.46. The highest BCUT2D eigenvalue weighted by Gasteiger charge is 2.36. The molecule has 0 saturated carbocycles. The Hall–Kier alpha value is -1.85. The molecule has 8 heteroatoms. The van der Waals surface area contributed by atoms with E-state index in [1.165, 1.54) is 11.3 Å². The van der Waals surface area contributed by atoms with Crippen LogP contribution >= 0.6 is 11.3 Å². The lowest BCUT2D eigenvalue weighted by atomic mass is 10.1. The van der Waals surface area contributed by atoms with Crippen LogP contribution in [-0.2, 0) is 0 Å². The zero-order valence-electron chi connectivity index (χ0n) is 15.7. The molecule has 26 heavy (non-hydrogen) atoms. The van der Waals surface area contributed by atoms with Gasteiger partial charge in [-0.05, 0) is 33.1 Å². The van der Waals surface area contributed by atoms with Crippen molar-refractivity contribution in [2.45, 2.75) is 58.2 Å². The molecule has 2 saturated heterocycles. The Morgan fingerprint density at radius 2 is 2.04 bits per heavy atom. The van der Waals surface area contributed by atoms with Gasteiger partial charge in [0.05, 0.1) is 17.1 Å². The standard InChI is InChI=1S/C18H27N5O2S/c1-4-14-5-6-15(12-19)22(14)17-11-16(23(24)25)18(26-17)21-9-7-20(8-10-21)13(2)3/h11,13-15H,4-10H2,1-3H3/t14-,15+/m1/s1. The molecule has 3 heterocycles. The molecular weight excluding hydrogens is 350 g/mol. The molecule has 0 radical (unpaired) electrons. The number of nitro groups is 1. The number of hydrogen-bond acceptors (Lipinski definition) is 7. The van der Waals surface area contributed by atoms with Gasteiger partial charge in [-0.3, -0.25) is 15.0 Å². The van der Waals surface area contributed by atoms with Gasteiger partial charge in [-0.2, -0.15) is 5.26 Å². The summed E-state index contributed by atoms with van der Waals surface area (Å²) in [5.74, 6) is 0. The smallest absolute Gasteiger partial charge is 0.305 e. The summed E-state index contributed by atoms with van der Waals surface area (Å²) < 4.78 is 0. The lowest BCUT2D eigenvalue weighted by Gasteiger charge is -2.37. The van der Waals surface area contributed by atoms with E-state index >= 15 is 0 Å². The zero-order valence-corrected chi connectivity index (χ0v) is 16.5. The lowest BCUT2D eigenvalue weighted by Crippen LogP contribution is -2.48. The molecule has 3 rings (SSSR count). The number of rotatable bonds is 5. The molecule has 0 aliphatic carbocycles. The van der Waals surface area contributed by atoms with Crippen LogP contribution in [0.2, 0.25) is 0 Å². The minimum atomic E-state index is -0.275. The van der Waals surface area contributed by atoms with E-state index < -0.39 is 0 Å². The number of nitriles is 1. The molecule has 0 unspecified atom stereocenters. The van der Waals surface area contributed by atoms with Crippen LogP contribution in [0, 0.1) is 21.4 Å². The molecule has 2 aliphatic rings. The average Bonchev–Trinajstić information content (AvgIpc) is 3.25. The molecule has 0 aromatic carbocycles. The normalized spacial score (nSPS) is 24.3. The minimum Gasteiger partial charge on any atom is -0.355 e. The second kappa shape index (κ2) is 7.80. The van der Waals surface area contributed by atoms with Crippen molar-refractivity contribution < 1.29 is 4.92 Å². The number of thiophene rings is 1. The number of piperazine rings is 1. The summed E-state index contributed by atoms with van der Waals surface area (Å²) in [5.41, 5.74) is 0.182. The number of nitrogens with zero attached hydrogens (tertiary/aromatic N) is 5. The molecule has 0 N–H and O–H groups in total. The quantitative estimate of drug-likeness (QED) is 0.578. The van der Waals surface area contributed by atoms with E-state index in [9.17, 15) is 15.4 Å². The van der Waals surface area contributed by atoms with Gasteiger partial charge in [0, 0.05) is 38.3 Å². The summed E-state index contributed by atoms with van der Waals surface area (Å²) in [6.45, 7) is 9.93. The lowest BCUT2D eigenvalue weighted by molar-refractivity contribution is -0.383. The minimum absolute atomic E-state index is 0.177. The summed E-state index contributed by atoms with van der Waals surface area (Å²) in [4.78, 5) is 18.0. The molecule has 2 fully saturated rings. The largest absolute Gasteiger partial charge is 0.355 e. The molecular formula is C18H27N5O2S. The summed E-state index contributed by atoms with van der Waals surface area (Å²) in [6.07, 6.45) is 2.76. The second-order valence-corrected chi connectivity index (χ2v) is 8.35. The van der Waals surface area contributed by atoms with Gasteiger partial charge >= 0.3 is 5.69 Å². The Balaban J connectivity index is 1.88. The first kappa shape index (κ1) is 18.9. The highest BCUT2D eigenvalue weighted by atomic mass is 32.1. The fourth-order valence-corrected chi connectivity index (χ4v) is 5.33. The first-order valence-electron chi connectivity index (χ1n) is 9.41. The van der Waals surface area contributed by atoms with E-state index in [-0.39, 0.29) is 16.7 Å². The first-order valence-corrected chi connectivity index (χ1v) is 10.2. The van der Waals surface area contributed by atoms with Gasteiger partial charge in [0.15, 0.2) is 5.00 Å².